The average Bonchev–Trinajstić information content (AvgIpc) is 3.02. The molecule has 1 aromatic rings. The maximum absolute atomic E-state index is 12.9. The molecule has 5 rings (SSSR count). The minimum absolute atomic E-state index is 0.160. The molecule has 2 saturated heterocycles. The Morgan fingerprint density at radius 1 is 1.07 bits per heavy atom. The van der Waals surface area contributed by atoms with Crippen LogP contribution < -0.4 is 15.4 Å². The largest absolute Gasteiger partial charge is 0.490 e. The Labute approximate surface area is 169 Å². The molecule has 3 fully saturated rings. The summed E-state index contributed by atoms with van der Waals surface area (Å²) in [7, 11) is 0. The summed E-state index contributed by atoms with van der Waals surface area (Å²) in [4.78, 5) is 40.7. The normalized spacial score (nSPS) is 30.0. The zero-order chi connectivity index (χ0) is 20.0. The summed E-state index contributed by atoms with van der Waals surface area (Å²) in [6.45, 7) is 4.63. The molecule has 3 amide bonds. The average molecular weight is 398 g/mol. The van der Waals surface area contributed by atoms with Crippen molar-refractivity contribution in [2.24, 2.45) is 0 Å². The molecule has 1 aromatic carbocycles. The summed E-state index contributed by atoms with van der Waals surface area (Å²) >= 11 is 0. The van der Waals surface area contributed by atoms with Gasteiger partial charge in [-0.05, 0) is 18.6 Å². The molecule has 154 valence electrons. The van der Waals surface area contributed by atoms with Crippen LogP contribution in [-0.2, 0) is 16.1 Å². The number of benzene rings is 1. The van der Waals surface area contributed by atoms with Crippen molar-refractivity contribution < 1.29 is 19.1 Å². The summed E-state index contributed by atoms with van der Waals surface area (Å²) in [5.41, 5.74) is 1.46. The molecule has 1 atom stereocenters. The van der Waals surface area contributed by atoms with E-state index in [1.807, 2.05) is 12.1 Å². The summed E-state index contributed by atoms with van der Waals surface area (Å²) in [6, 6.07) is 5.53. The third kappa shape index (κ3) is 3.40. The Morgan fingerprint density at radius 2 is 1.86 bits per heavy atom. The molecule has 3 heterocycles. The zero-order valence-corrected chi connectivity index (χ0v) is 16.4. The van der Waals surface area contributed by atoms with E-state index in [0.717, 1.165) is 50.3 Å². The van der Waals surface area contributed by atoms with Crippen molar-refractivity contribution >= 4 is 17.7 Å². The molecule has 8 heteroatoms. The van der Waals surface area contributed by atoms with Gasteiger partial charge in [-0.3, -0.25) is 24.6 Å². The first-order valence-electron chi connectivity index (χ1n) is 10.5. The van der Waals surface area contributed by atoms with E-state index < -0.39 is 6.04 Å². The van der Waals surface area contributed by atoms with Gasteiger partial charge in [0.25, 0.3) is 5.91 Å². The first kappa shape index (κ1) is 18.6. The number of hydrogen-bond donors (Lipinski definition) is 2. The molecule has 29 heavy (non-hydrogen) atoms. The number of imide groups is 1. The van der Waals surface area contributed by atoms with Gasteiger partial charge in [-0.1, -0.05) is 6.07 Å². The van der Waals surface area contributed by atoms with Gasteiger partial charge in [0.2, 0.25) is 11.8 Å². The van der Waals surface area contributed by atoms with E-state index in [1.165, 1.54) is 0 Å². The van der Waals surface area contributed by atoms with Crippen molar-refractivity contribution in [3.8, 4) is 5.75 Å². The van der Waals surface area contributed by atoms with Crippen LogP contribution in [0.5, 0.6) is 5.75 Å². The number of rotatable bonds is 4. The van der Waals surface area contributed by atoms with Crippen LogP contribution in [0.4, 0.5) is 0 Å². The van der Waals surface area contributed by atoms with E-state index in [-0.39, 0.29) is 30.2 Å². The van der Waals surface area contributed by atoms with Crippen LogP contribution in [-0.4, -0.2) is 71.9 Å². The quantitative estimate of drug-likeness (QED) is 0.708. The van der Waals surface area contributed by atoms with E-state index in [4.69, 9.17) is 4.74 Å². The lowest BCUT2D eigenvalue weighted by Gasteiger charge is -2.44. The predicted molar refractivity (Wildman–Crippen MR) is 104 cm³/mol. The fourth-order valence-electron chi connectivity index (χ4n) is 4.83. The summed E-state index contributed by atoms with van der Waals surface area (Å²) < 4.78 is 6.27. The molecule has 1 saturated carbocycles. The topological polar surface area (TPSA) is 91.0 Å². The number of nitrogens with one attached hydrogen (secondary N) is 2. The summed E-state index contributed by atoms with van der Waals surface area (Å²) in [5, 5.41) is 5.72. The number of fused-ring (bicyclic) bond motifs is 1. The SMILES string of the molecule is O=C1CCC(N2Cc3c(O[C@H]4C[C@H](N5CCNCC5)C4)cccc3C2=O)C(=O)N1. The highest BCUT2D eigenvalue weighted by molar-refractivity contribution is 6.05. The second kappa shape index (κ2) is 7.42. The van der Waals surface area contributed by atoms with Crippen molar-refractivity contribution in [3.05, 3.63) is 29.3 Å². The first-order chi connectivity index (χ1) is 14.1. The fourth-order valence-corrected chi connectivity index (χ4v) is 4.83. The van der Waals surface area contributed by atoms with Gasteiger partial charge >= 0.3 is 0 Å². The summed E-state index contributed by atoms with van der Waals surface area (Å²) in [5.74, 6) is -0.0761. The van der Waals surface area contributed by atoms with Crippen molar-refractivity contribution in [1.29, 1.82) is 0 Å². The second-order valence-corrected chi connectivity index (χ2v) is 8.33. The molecule has 4 aliphatic rings. The molecular formula is C21H26N4O4. The van der Waals surface area contributed by atoms with Gasteiger partial charge in [0, 0.05) is 62.6 Å². The van der Waals surface area contributed by atoms with Crippen LogP contribution in [0.25, 0.3) is 0 Å². The van der Waals surface area contributed by atoms with E-state index in [0.29, 0.717) is 24.6 Å². The van der Waals surface area contributed by atoms with Gasteiger partial charge < -0.3 is 15.0 Å². The highest BCUT2D eigenvalue weighted by Gasteiger charge is 2.41. The summed E-state index contributed by atoms with van der Waals surface area (Å²) in [6.07, 6.45) is 2.81. The number of piperidine rings is 1. The minimum Gasteiger partial charge on any atom is -0.490 e. The van der Waals surface area contributed by atoms with Crippen LogP contribution in [0.15, 0.2) is 18.2 Å². The van der Waals surface area contributed by atoms with Gasteiger partial charge in [-0.25, -0.2) is 0 Å². The van der Waals surface area contributed by atoms with Gasteiger partial charge in [-0.15, -0.1) is 0 Å². The highest BCUT2D eigenvalue weighted by Crippen LogP contribution is 2.37. The number of nitrogens with zero attached hydrogens (tertiary/aromatic N) is 2. The highest BCUT2D eigenvalue weighted by atomic mass is 16.5. The smallest absolute Gasteiger partial charge is 0.255 e. The van der Waals surface area contributed by atoms with E-state index in [9.17, 15) is 14.4 Å². The van der Waals surface area contributed by atoms with Crippen LogP contribution in [0, 0.1) is 0 Å². The molecule has 0 spiro atoms. The Kier molecular flexibility index (Phi) is 4.75. The molecule has 1 aliphatic carbocycles. The van der Waals surface area contributed by atoms with Crippen LogP contribution in [0.1, 0.15) is 41.6 Å². The molecule has 3 aliphatic heterocycles. The standard InChI is InChI=1S/C21H26N4O4/c26-19-5-4-17(20(27)23-19)25-12-16-15(21(25)28)2-1-3-18(16)29-14-10-13(11-14)24-8-6-22-7-9-24/h1-3,13-14,17,22H,4-12H2,(H,23,26,27)/t13-,14-,17?. The third-order valence-electron chi connectivity index (χ3n) is 6.57. The minimum atomic E-state index is -0.596. The van der Waals surface area contributed by atoms with Crippen molar-refractivity contribution in [2.75, 3.05) is 26.2 Å². The first-order valence-corrected chi connectivity index (χ1v) is 10.5. The van der Waals surface area contributed by atoms with Crippen molar-refractivity contribution in [3.63, 3.8) is 0 Å². The van der Waals surface area contributed by atoms with Gasteiger partial charge in [0.1, 0.15) is 17.9 Å². The number of amides is 3. The molecule has 8 nitrogen and oxygen atoms in total. The van der Waals surface area contributed by atoms with Gasteiger partial charge in [-0.2, -0.15) is 0 Å². The Hall–Kier alpha value is -2.45. The fraction of sp³-hybridized carbons (Fsp3) is 0.571. The number of hydrogen-bond acceptors (Lipinski definition) is 6. The second-order valence-electron chi connectivity index (χ2n) is 8.33. The van der Waals surface area contributed by atoms with E-state index in [2.05, 4.69) is 15.5 Å². The molecule has 0 aromatic heterocycles. The Balaban J connectivity index is 1.25. The molecule has 0 bridgehead atoms. The third-order valence-corrected chi connectivity index (χ3v) is 6.57. The lowest BCUT2D eigenvalue weighted by Crippen LogP contribution is -2.55. The zero-order valence-electron chi connectivity index (χ0n) is 16.4. The molecule has 1 unspecified atom stereocenters. The molecule has 0 radical (unpaired) electrons. The van der Waals surface area contributed by atoms with Crippen LogP contribution in [0.2, 0.25) is 0 Å². The van der Waals surface area contributed by atoms with E-state index >= 15 is 0 Å². The Bertz CT molecular complexity index is 845. The lowest BCUT2D eigenvalue weighted by molar-refractivity contribution is -0.136. The molecular weight excluding hydrogens is 372 g/mol. The van der Waals surface area contributed by atoms with Crippen molar-refractivity contribution in [1.82, 2.24) is 20.4 Å². The van der Waals surface area contributed by atoms with Crippen molar-refractivity contribution in [2.45, 2.75) is 50.4 Å². The van der Waals surface area contributed by atoms with Crippen LogP contribution >= 0.6 is 0 Å². The lowest BCUT2D eigenvalue weighted by atomic mass is 9.87. The van der Waals surface area contributed by atoms with Gasteiger partial charge in [0.15, 0.2) is 0 Å². The number of piperazine rings is 1. The maximum Gasteiger partial charge on any atom is 0.255 e. The predicted octanol–water partition coefficient (Wildman–Crippen LogP) is 0.263. The van der Waals surface area contributed by atoms with Gasteiger partial charge in [0.05, 0.1) is 6.54 Å². The monoisotopic (exact) mass is 398 g/mol. The Morgan fingerprint density at radius 3 is 2.62 bits per heavy atom. The number of ether oxygens (including phenoxy) is 1. The van der Waals surface area contributed by atoms with E-state index in [1.54, 1.807) is 11.0 Å². The maximum atomic E-state index is 12.9. The number of carbonyl (C=O) groups is 3. The number of carbonyl (C=O) groups excluding carboxylic acids is 3. The molecule has 2 N–H and O–H groups in total. The van der Waals surface area contributed by atoms with Crippen LogP contribution in [0.3, 0.4) is 0 Å².